The van der Waals surface area contributed by atoms with Crippen LogP contribution in [-0.4, -0.2) is 18.6 Å². The lowest BCUT2D eigenvalue weighted by Gasteiger charge is -2.12. The second-order valence-electron chi connectivity index (χ2n) is 3.23. The summed E-state index contributed by atoms with van der Waals surface area (Å²) >= 11 is 0. The molecule has 4 heteroatoms. The number of fused-ring (bicyclic) bond motifs is 1. The van der Waals surface area contributed by atoms with E-state index in [-0.39, 0.29) is 11.9 Å². The van der Waals surface area contributed by atoms with E-state index in [4.69, 9.17) is 10.5 Å². The molecule has 0 aromatic heterocycles. The van der Waals surface area contributed by atoms with Crippen LogP contribution in [0.25, 0.3) is 0 Å². The molecule has 1 aliphatic rings. The second kappa shape index (κ2) is 3.57. The third kappa shape index (κ3) is 1.64. The first-order valence-corrected chi connectivity index (χ1v) is 4.55. The minimum absolute atomic E-state index is 0.335. The fourth-order valence-corrected chi connectivity index (χ4v) is 1.47. The first-order valence-electron chi connectivity index (χ1n) is 4.55. The quantitative estimate of drug-likeness (QED) is 0.689. The first-order chi connectivity index (χ1) is 6.77. The van der Waals surface area contributed by atoms with Gasteiger partial charge in [0.25, 0.3) is 0 Å². The van der Waals surface area contributed by atoms with E-state index >= 15 is 0 Å². The van der Waals surface area contributed by atoms with Gasteiger partial charge in [0, 0.05) is 6.42 Å². The topological polar surface area (TPSA) is 64.4 Å². The molecule has 1 unspecified atom stereocenters. The summed E-state index contributed by atoms with van der Waals surface area (Å²) in [4.78, 5) is 11.0. The van der Waals surface area contributed by atoms with Crippen LogP contribution in [0.1, 0.15) is 6.42 Å². The molecule has 1 aliphatic heterocycles. The van der Waals surface area contributed by atoms with E-state index in [1.807, 2.05) is 24.3 Å². The van der Waals surface area contributed by atoms with Crippen LogP contribution in [0.4, 0.5) is 5.69 Å². The molecule has 0 radical (unpaired) electrons. The van der Waals surface area contributed by atoms with Crippen molar-refractivity contribution in [1.29, 1.82) is 0 Å². The Hall–Kier alpha value is -1.71. The molecule has 1 aromatic rings. The molecule has 0 spiro atoms. The fraction of sp³-hybridized carbons (Fsp3) is 0.300. The molecule has 1 heterocycles. The predicted octanol–water partition coefficient (Wildman–Crippen LogP) is 0.735. The lowest BCUT2D eigenvalue weighted by atomic mass is 10.2. The second-order valence-corrected chi connectivity index (χ2v) is 3.23. The van der Waals surface area contributed by atoms with Crippen LogP contribution in [0, 0.1) is 0 Å². The van der Waals surface area contributed by atoms with Crippen molar-refractivity contribution in [3.8, 4) is 5.75 Å². The normalized spacial score (nSPS) is 19.9. The molecule has 2 rings (SSSR count). The van der Waals surface area contributed by atoms with E-state index in [2.05, 4.69) is 5.32 Å². The smallest absolute Gasteiger partial charge is 0.240 e. The summed E-state index contributed by atoms with van der Waals surface area (Å²) in [5.74, 6) is 0.432. The zero-order chi connectivity index (χ0) is 9.97. The van der Waals surface area contributed by atoms with Crippen molar-refractivity contribution in [3.63, 3.8) is 0 Å². The van der Waals surface area contributed by atoms with Crippen molar-refractivity contribution < 1.29 is 9.53 Å². The molecule has 0 saturated heterocycles. The number of hydrogen-bond donors (Lipinski definition) is 2. The predicted molar refractivity (Wildman–Crippen MR) is 53.2 cm³/mol. The number of amides is 1. The molecule has 14 heavy (non-hydrogen) atoms. The number of ether oxygens (including phenoxy) is 1. The third-order valence-electron chi connectivity index (χ3n) is 2.22. The molecule has 3 N–H and O–H groups in total. The summed E-state index contributed by atoms with van der Waals surface area (Å²) < 4.78 is 5.46. The van der Waals surface area contributed by atoms with Crippen LogP contribution in [-0.2, 0) is 4.79 Å². The number of primary amides is 1. The van der Waals surface area contributed by atoms with Gasteiger partial charge in [0.1, 0.15) is 11.8 Å². The highest BCUT2D eigenvalue weighted by Gasteiger charge is 2.19. The summed E-state index contributed by atoms with van der Waals surface area (Å²) in [6.07, 6.45) is 0.601. The number of anilines is 1. The molecule has 74 valence electrons. The number of carbonyl (C=O) groups is 1. The zero-order valence-electron chi connectivity index (χ0n) is 7.69. The van der Waals surface area contributed by atoms with Gasteiger partial charge in [-0.1, -0.05) is 12.1 Å². The molecule has 1 aromatic carbocycles. The van der Waals surface area contributed by atoms with Gasteiger partial charge in [0.2, 0.25) is 5.91 Å². The van der Waals surface area contributed by atoms with Gasteiger partial charge < -0.3 is 15.8 Å². The number of nitrogens with one attached hydrogen (secondary N) is 1. The minimum atomic E-state index is -0.342. The molecule has 4 nitrogen and oxygen atoms in total. The molecular weight excluding hydrogens is 180 g/mol. The molecular formula is C10H12N2O2. The molecule has 0 aliphatic carbocycles. The van der Waals surface area contributed by atoms with Gasteiger partial charge in [-0.15, -0.1) is 0 Å². The number of carbonyl (C=O) groups excluding carboxylic acids is 1. The number of benzene rings is 1. The van der Waals surface area contributed by atoms with Gasteiger partial charge in [0.15, 0.2) is 0 Å². The Kier molecular flexibility index (Phi) is 2.26. The van der Waals surface area contributed by atoms with Crippen LogP contribution < -0.4 is 15.8 Å². The highest BCUT2D eigenvalue weighted by atomic mass is 16.5. The van der Waals surface area contributed by atoms with Crippen LogP contribution in [0.5, 0.6) is 5.75 Å². The first kappa shape index (κ1) is 8.87. The van der Waals surface area contributed by atoms with E-state index in [0.29, 0.717) is 13.0 Å². The monoisotopic (exact) mass is 192 g/mol. The zero-order valence-corrected chi connectivity index (χ0v) is 7.69. The van der Waals surface area contributed by atoms with Gasteiger partial charge in [-0.3, -0.25) is 4.79 Å². The van der Waals surface area contributed by atoms with Gasteiger partial charge in [-0.25, -0.2) is 0 Å². The van der Waals surface area contributed by atoms with E-state index in [0.717, 1.165) is 11.4 Å². The molecule has 0 fully saturated rings. The minimum Gasteiger partial charge on any atom is -0.491 e. The Morgan fingerprint density at radius 1 is 1.50 bits per heavy atom. The van der Waals surface area contributed by atoms with Crippen LogP contribution in [0.2, 0.25) is 0 Å². The Morgan fingerprint density at radius 2 is 2.29 bits per heavy atom. The summed E-state index contributed by atoms with van der Waals surface area (Å²) in [7, 11) is 0. The highest BCUT2D eigenvalue weighted by molar-refractivity contribution is 5.83. The maximum absolute atomic E-state index is 11.0. The average molecular weight is 192 g/mol. The lowest BCUT2D eigenvalue weighted by molar-refractivity contribution is -0.118. The molecule has 1 atom stereocenters. The summed E-state index contributed by atoms with van der Waals surface area (Å²) in [6, 6.07) is 7.19. The van der Waals surface area contributed by atoms with E-state index in [1.165, 1.54) is 0 Å². The van der Waals surface area contributed by atoms with Crippen molar-refractivity contribution in [2.24, 2.45) is 5.73 Å². The maximum atomic E-state index is 11.0. The Bertz CT molecular complexity index is 352. The van der Waals surface area contributed by atoms with E-state index < -0.39 is 0 Å². The van der Waals surface area contributed by atoms with Crippen molar-refractivity contribution in [2.75, 3.05) is 11.9 Å². The van der Waals surface area contributed by atoms with Crippen molar-refractivity contribution in [2.45, 2.75) is 12.5 Å². The molecule has 0 saturated carbocycles. The standard InChI is InChI=1S/C10H12N2O2/c11-10(13)8-5-6-14-9-4-2-1-3-7(9)12-8/h1-4,8,12H,5-6H2,(H2,11,13). The average Bonchev–Trinajstić information content (AvgIpc) is 2.39. The van der Waals surface area contributed by atoms with Gasteiger partial charge >= 0.3 is 0 Å². The van der Waals surface area contributed by atoms with Crippen LogP contribution in [0.15, 0.2) is 24.3 Å². The largest absolute Gasteiger partial charge is 0.491 e. The van der Waals surface area contributed by atoms with Crippen molar-refractivity contribution in [1.82, 2.24) is 0 Å². The van der Waals surface area contributed by atoms with Gasteiger partial charge in [0.05, 0.1) is 12.3 Å². The number of para-hydroxylation sites is 2. The Balaban J connectivity index is 2.26. The van der Waals surface area contributed by atoms with Crippen molar-refractivity contribution in [3.05, 3.63) is 24.3 Å². The lowest BCUT2D eigenvalue weighted by Crippen LogP contribution is -2.35. The number of hydrogen-bond acceptors (Lipinski definition) is 3. The van der Waals surface area contributed by atoms with Crippen LogP contribution >= 0.6 is 0 Å². The van der Waals surface area contributed by atoms with E-state index in [1.54, 1.807) is 0 Å². The number of nitrogens with two attached hydrogens (primary N) is 1. The highest BCUT2D eigenvalue weighted by Crippen LogP contribution is 2.27. The third-order valence-corrected chi connectivity index (χ3v) is 2.22. The molecule has 0 bridgehead atoms. The van der Waals surface area contributed by atoms with Gasteiger partial charge in [-0.05, 0) is 12.1 Å². The Labute approximate surface area is 82.1 Å². The SMILES string of the molecule is NC(=O)C1CCOc2ccccc2N1. The van der Waals surface area contributed by atoms with Crippen molar-refractivity contribution >= 4 is 11.6 Å². The van der Waals surface area contributed by atoms with E-state index in [9.17, 15) is 4.79 Å². The Morgan fingerprint density at radius 3 is 3.07 bits per heavy atom. The fourth-order valence-electron chi connectivity index (χ4n) is 1.47. The summed E-state index contributed by atoms with van der Waals surface area (Å²) in [6.45, 7) is 0.512. The molecule has 1 amide bonds. The number of rotatable bonds is 1. The van der Waals surface area contributed by atoms with Crippen LogP contribution in [0.3, 0.4) is 0 Å². The summed E-state index contributed by atoms with van der Waals surface area (Å²) in [5, 5.41) is 3.06. The summed E-state index contributed by atoms with van der Waals surface area (Å²) in [5.41, 5.74) is 6.06. The van der Waals surface area contributed by atoms with Gasteiger partial charge in [-0.2, -0.15) is 0 Å². The maximum Gasteiger partial charge on any atom is 0.240 e.